The number of nitrogens with one attached hydrogen (secondary N) is 1. The Bertz CT molecular complexity index is 916. The van der Waals surface area contributed by atoms with Crippen LogP contribution in [-0.4, -0.2) is 21.2 Å². The summed E-state index contributed by atoms with van der Waals surface area (Å²) in [5, 5.41) is 8.28. The van der Waals surface area contributed by atoms with Gasteiger partial charge in [0, 0.05) is 16.8 Å². The van der Waals surface area contributed by atoms with Crippen molar-refractivity contribution >= 4 is 17.5 Å². The number of aromatic nitrogens is 2. The van der Waals surface area contributed by atoms with Crippen LogP contribution in [0.15, 0.2) is 60.8 Å². The normalized spacial score (nSPS) is 11.4. The predicted molar refractivity (Wildman–Crippen MR) is 105 cm³/mol. The lowest BCUT2D eigenvalue weighted by Crippen LogP contribution is -2.45. The van der Waals surface area contributed by atoms with Crippen LogP contribution in [0.25, 0.3) is 5.69 Å². The van der Waals surface area contributed by atoms with Crippen molar-refractivity contribution < 1.29 is 4.79 Å². The second-order valence-corrected chi connectivity index (χ2v) is 7.42. The molecule has 3 aromatic rings. The molecule has 0 aliphatic heterocycles. The first-order chi connectivity index (χ1) is 12.4. The molecule has 0 atom stereocenters. The van der Waals surface area contributed by atoms with Gasteiger partial charge in [0.25, 0.3) is 5.91 Å². The van der Waals surface area contributed by atoms with Crippen molar-refractivity contribution in [2.24, 2.45) is 0 Å². The number of aryl methyl sites for hydroxylation is 1. The van der Waals surface area contributed by atoms with Crippen molar-refractivity contribution in [3.05, 3.63) is 82.6 Å². The Hall–Kier alpha value is -2.59. The highest BCUT2D eigenvalue weighted by Gasteiger charge is 2.24. The van der Waals surface area contributed by atoms with Crippen LogP contribution in [0.5, 0.6) is 0 Å². The van der Waals surface area contributed by atoms with Crippen molar-refractivity contribution in [1.29, 1.82) is 0 Å². The lowest BCUT2D eigenvalue weighted by molar-refractivity contribution is 0.0912. The Morgan fingerprint density at radius 2 is 1.77 bits per heavy atom. The molecule has 5 heteroatoms. The number of halogens is 1. The van der Waals surface area contributed by atoms with Crippen LogP contribution in [-0.2, 0) is 6.42 Å². The zero-order valence-corrected chi connectivity index (χ0v) is 15.9. The molecule has 3 rings (SSSR count). The Balaban J connectivity index is 1.77. The molecule has 134 valence electrons. The highest BCUT2D eigenvalue weighted by Crippen LogP contribution is 2.21. The van der Waals surface area contributed by atoms with Gasteiger partial charge < -0.3 is 5.32 Å². The molecule has 1 amide bonds. The van der Waals surface area contributed by atoms with Crippen molar-refractivity contribution in [1.82, 2.24) is 15.1 Å². The maximum Gasteiger partial charge on any atom is 0.255 e. The van der Waals surface area contributed by atoms with E-state index < -0.39 is 5.54 Å². The highest BCUT2D eigenvalue weighted by atomic mass is 35.5. The van der Waals surface area contributed by atoms with Gasteiger partial charge in [-0.15, -0.1) is 0 Å². The van der Waals surface area contributed by atoms with Gasteiger partial charge in [-0.3, -0.25) is 4.79 Å². The summed E-state index contributed by atoms with van der Waals surface area (Å²) in [6.07, 6.45) is 2.41. The first kappa shape index (κ1) is 18.2. The second kappa shape index (κ2) is 7.34. The third-order valence-electron chi connectivity index (χ3n) is 4.21. The van der Waals surface area contributed by atoms with E-state index in [-0.39, 0.29) is 5.91 Å². The van der Waals surface area contributed by atoms with Gasteiger partial charge in [-0.25, -0.2) is 4.68 Å². The number of hydrogen-bond acceptors (Lipinski definition) is 2. The van der Waals surface area contributed by atoms with Gasteiger partial charge in [-0.05, 0) is 51.0 Å². The minimum atomic E-state index is -0.441. The lowest BCUT2D eigenvalue weighted by Gasteiger charge is -2.26. The molecular formula is C21H22ClN3O. The summed E-state index contributed by atoms with van der Waals surface area (Å²) >= 11 is 6.25. The number of carbonyl (C=O) groups is 1. The summed E-state index contributed by atoms with van der Waals surface area (Å²) in [7, 11) is 0. The number of amides is 1. The number of rotatable bonds is 5. The van der Waals surface area contributed by atoms with E-state index in [9.17, 15) is 4.79 Å². The molecule has 26 heavy (non-hydrogen) atoms. The molecule has 1 aromatic heterocycles. The largest absolute Gasteiger partial charge is 0.347 e. The van der Waals surface area contributed by atoms with Gasteiger partial charge in [-0.2, -0.15) is 5.10 Å². The number of benzene rings is 2. The molecular weight excluding hydrogens is 346 g/mol. The van der Waals surface area contributed by atoms with Crippen LogP contribution in [0.1, 0.15) is 35.5 Å². The fourth-order valence-corrected chi connectivity index (χ4v) is 3.14. The first-order valence-electron chi connectivity index (χ1n) is 8.53. The van der Waals surface area contributed by atoms with Crippen LogP contribution in [0.2, 0.25) is 5.02 Å². The lowest BCUT2D eigenvalue weighted by atomic mass is 9.94. The molecule has 0 saturated carbocycles. The standard InChI is InChI=1S/C21H22ClN3O/c1-15-18(14-25(24-15)17-10-5-4-6-11-17)20(26)23-21(2,3)13-16-9-7-8-12-19(16)22/h4-12,14H,13H2,1-3H3,(H,23,26). The second-order valence-electron chi connectivity index (χ2n) is 7.01. The number of para-hydroxylation sites is 1. The fourth-order valence-electron chi connectivity index (χ4n) is 2.93. The molecule has 0 spiro atoms. The van der Waals surface area contributed by atoms with E-state index >= 15 is 0 Å². The Labute approximate surface area is 158 Å². The molecule has 0 bridgehead atoms. The zero-order chi connectivity index (χ0) is 18.7. The van der Waals surface area contributed by atoms with Crippen LogP contribution in [0.3, 0.4) is 0 Å². The Morgan fingerprint density at radius 3 is 2.46 bits per heavy atom. The van der Waals surface area contributed by atoms with Gasteiger partial charge in [0.2, 0.25) is 0 Å². The van der Waals surface area contributed by atoms with E-state index in [1.165, 1.54) is 0 Å². The number of hydrogen-bond donors (Lipinski definition) is 1. The van der Waals surface area contributed by atoms with Crippen LogP contribution in [0.4, 0.5) is 0 Å². The van der Waals surface area contributed by atoms with E-state index in [2.05, 4.69) is 10.4 Å². The predicted octanol–water partition coefficient (Wildman–Crippen LogP) is 4.59. The smallest absolute Gasteiger partial charge is 0.255 e. The van der Waals surface area contributed by atoms with Crippen LogP contribution in [0, 0.1) is 6.92 Å². The fraction of sp³-hybridized carbons (Fsp3) is 0.238. The Morgan fingerprint density at radius 1 is 1.12 bits per heavy atom. The van der Waals surface area contributed by atoms with E-state index in [1.54, 1.807) is 10.9 Å². The molecule has 1 N–H and O–H groups in total. The molecule has 4 nitrogen and oxygen atoms in total. The van der Waals surface area contributed by atoms with Crippen LogP contribution >= 0.6 is 11.6 Å². The maximum atomic E-state index is 12.8. The third-order valence-corrected chi connectivity index (χ3v) is 4.58. The van der Waals surface area contributed by atoms with E-state index in [4.69, 9.17) is 11.6 Å². The van der Waals surface area contributed by atoms with Crippen molar-refractivity contribution in [2.75, 3.05) is 0 Å². The van der Waals surface area contributed by atoms with Crippen molar-refractivity contribution in [3.63, 3.8) is 0 Å². The summed E-state index contributed by atoms with van der Waals surface area (Å²) in [6, 6.07) is 17.4. The third kappa shape index (κ3) is 4.14. The molecule has 1 heterocycles. The number of carbonyl (C=O) groups excluding carboxylic acids is 1. The highest BCUT2D eigenvalue weighted by molar-refractivity contribution is 6.31. The summed E-state index contributed by atoms with van der Waals surface area (Å²) in [4.78, 5) is 12.8. The molecule has 0 unspecified atom stereocenters. The zero-order valence-electron chi connectivity index (χ0n) is 15.2. The van der Waals surface area contributed by atoms with Gasteiger partial charge in [0.15, 0.2) is 0 Å². The topological polar surface area (TPSA) is 46.9 Å². The SMILES string of the molecule is Cc1nn(-c2ccccc2)cc1C(=O)NC(C)(C)Cc1ccccc1Cl. The molecule has 0 aliphatic rings. The van der Waals surface area contributed by atoms with Gasteiger partial charge >= 0.3 is 0 Å². The number of nitrogens with zero attached hydrogens (tertiary/aromatic N) is 2. The monoisotopic (exact) mass is 367 g/mol. The molecule has 0 aliphatic carbocycles. The minimum Gasteiger partial charge on any atom is -0.347 e. The molecule has 0 fully saturated rings. The summed E-state index contributed by atoms with van der Waals surface area (Å²) < 4.78 is 1.73. The van der Waals surface area contributed by atoms with Gasteiger partial charge in [0.1, 0.15) is 0 Å². The summed E-state index contributed by atoms with van der Waals surface area (Å²) in [5.74, 6) is -0.137. The van der Waals surface area contributed by atoms with Gasteiger partial charge in [-0.1, -0.05) is 48.0 Å². The molecule has 0 saturated heterocycles. The minimum absolute atomic E-state index is 0.137. The molecule has 2 aromatic carbocycles. The average Bonchev–Trinajstić information content (AvgIpc) is 2.99. The summed E-state index contributed by atoms with van der Waals surface area (Å²) in [5.41, 5.74) is 2.76. The van der Waals surface area contributed by atoms with E-state index in [1.807, 2.05) is 75.4 Å². The van der Waals surface area contributed by atoms with Gasteiger partial charge in [0.05, 0.1) is 16.9 Å². The average molecular weight is 368 g/mol. The van der Waals surface area contributed by atoms with Crippen molar-refractivity contribution in [3.8, 4) is 5.69 Å². The quantitative estimate of drug-likeness (QED) is 0.717. The van der Waals surface area contributed by atoms with E-state index in [0.717, 1.165) is 11.3 Å². The Kier molecular flexibility index (Phi) is 5.14. The molecule has 0 radical (unpaired) electrons. The van der Waals surface area contributed by atoms with Crippen LogP contribution < -0.4 is 5.32 Å². The summed E-state index contributed by atoms with van der Waals surface area (Å²) in [6.45, 7) is 5.83. The maximum absolute atomic E-state index is 12.8. The van der Waals surface area contributed by atoms with E-state index in [0.29, 0.717) is 22.7 Å². The first-order valence-corrected chi connectivity index (χ1v) is 8.91. The van der Waals surface area contributed by atoms with Crippen molar-refractivity contribution in [2.45, 2.75) is 32.7 Å².